The van der Waals surface area contributed by atoms with Gasteiger partial charge in [-0.25, -0.2) is 0 Å². The van der Waals surface area contributed by atoms with Gasteiger partial charge in [0.1, 0.15) is 0 Å². The summed E-state index contributed by atoms with van der Waals surface area (Å²) in [6.07, 6.45) is 8.59. The first-order chi connectivity index (χ1) is 9.85. The van der Waals surface area contributed by atoms with Crippen LogP contribution < -0.4 is 5.32 Å². The fourth-order valence-electron chi connectivity index (χ4n) is 2.86. The van der Waals surface area contributed by atoms with Crippen molar-refractivity contribution in [3.8, 4) is 0 Å². The number of aromatic nitrogens is 2. The van der Waals surface area contributed by atoms with Crippen molar-refractivity contribution in [3.05, 3.63) is 39.8 Å². The molecular weight excluding hydrogens is 266 g/mol. The van der Waals surface area contributed by atoms with E-state index in [0.29, 0.717) is 6.04 Å². The molecule has 0 saturated heterocycles. The van der Waals surface area contributed by atoms with E-state index in [1.807, 2.05) is 11.3 Å². The van der Waals surface area contributed by atoms with Crippen LogP contribution in [-0.2, 0) is 19.5 Å². The van der Waals surface area contributed by atoms with Gasteiger partial charge in [-0.3, -0.25) is 4.68 Å². The Morgan fingerprint density at radius 3 is 2.75 bits per heavy atom. The van der Waals surface area contributed by atoms with E-state index in [4.69, 9.17) is 5.10 Å². The van der Waals surface area contributed by atoms with Crippen LogP contribution in [0.5, 0.6) is 0 Å². The fourth-order valence-corrected chi connectivity index (χ4v) is 3.79. The highest BCUT2D eigenvalue weighted by molar-refractivity contribution is 7.11. The molecule has 20 heavy (non-hydrogen) atoms. The van der Waals surface area contributed by atoms with Crippen molar-refractivity contribution in [2.45, 2.75) is 58.2 Å². The van der Waals surface area contributed by atoms with Crippen molar-refractivity contribution < 1.29 is 0 Å². The average molecular weight is 289 g/mol. The predicted molar refractivity (Wildman–Crippen MR) is 84.0 cm³/mol. The van der Waals surface area contributed by atoms with Gasteiger partial charge >= 0.3 is 0 Å². The molecular formula is C16H23N3S. The molecule has 1 fully saturated rings. The van der Waals surface area contributed by atoms with Crippen LogP contribution >= 0.6 is 11.3 Å². The largest absolute Gasteiger partial charge is 0.306 e. The zero-order valence-electron chi connectivity index (χ0n) is 12.1. The van der Waals surface area contributed by atoms with E-state index < -0.39 is 0 Å². The number of hydrogen-bond donors (Lipinski definition) is 1. The smallest absolute Gasteiger partial charge is 0.0762 e. The van der Waals surface area contributed by atoms with Crippen molar-refractivity contribution in [1.82, 2.24) is 15.1 Å². The first-order valence-electron chi connectivity index (χ1n) is 7.67. The van der Waals surface area contributed by atoms with Crippen LogP contribution in [-0.4, -0.2) is 9.78 Å². The lowest BCUT2D eigenvalue weighted by molar-refractivity contribution is 0.461. The quantitative estimate of drug-likeness (QED) is 0.873. The van der Waals surface area contributed by atoms with Gasteiger partial charge in [0.05, 0.1) is 11.7 Å². The lowest BCUT2D eigenvalue weighted by atomic mass is 10.3. The molecule has 0 unspecified atom stereocenters. The highest BCUT2D eigenvalue weighted by atomic mass is 32.1. The molecule has 0 spiro atoms. The maximum atomic E-state index is 4.70. The molecule has 2 aromatic rings. The Labute approximate surface area is 125 Å². The van der Waals surface area contributed by atoms with Crippen LogP contribution in [0.4, 0.5) is 0 Å². The van der Waals surface area contributed by atoms with Crippen LogP contribution in [0, 0.1) is 0 Å². The van der Waals surface area contributed by atoms with Crippen molar-refractivity contribution in [3.63, 3.8) is 0 Å². The molecule has 3 nitrogen and oxygen atoms in total. The molecule has 2 heterocycles. The van der Waals surface area contributed by atoms with Gasteiger partial charge in [0.15, 0.2) is 0 Å². The summed E-state index contributed by atoms with van der Waals surface area (Å²) in [5.74, 6) is 0. The van der Waals surface area contributed by atoms with Gasteiger partial charge in [-0.15, -0.1) is 11.3 Å². The molecule has 1 N–H and O–H groups in total. The maximum Gasteiger partial charge on any atom is 0.0762 e. The van der Waals surface area contributed by atoms with E-state index in [0.717, 1.165) is 25.2 Å². The summed E-state index contributed by atoms with van der Waals surface area (Å²) in [5.41, 5.74) is 1.16. The number of aryl methyl sites for hydroxylation is 1. The van der Waals surface area contributed by atoms with Crippen molar-refractivity contribution in [2.24, 2.45) is 0 Å². The molecule has 1 aliphatic rings. The Bertz CT molecular complexity index is 537. The second-order valence-corrected chi connectivity index (χ2v) is 6.80. The summed E-state index contributed by atoms with van der Waals surface area (Å²) in [7, 11) is 0. The molecule has 2 aromatic heterocycles. The van der Waals surface area contributed by atoms with Crippen LogP contribution in [0.3, 0.4) is 0 Å². The van der Waals surface area contributed by atoms with Crippen LogP contribution in [0.25, 0.3) is 0 Å². The van der Waals surface area contributed by atoms with Crippen molar-refractivity contribution in [2.75, 3.05) is 0 Å². The summed E-state index contributed by atoms with van der Waals surface area (Å²) < 4.78 is 2.17. The zero-order chi connectivity index (χ0) is 13.8. The summed E-state index contributed by atoms with van der Waals surface area (Å²) in [6.45, 7) is 4.01. The van der Waals surface area contributed by atoms with Gasteiger partial charge in [-0.2, -0.15) is 5.10 Å². The van der Waals surface area contributed by atoms with E-state index in [1.54, 1.807) is 0 Å². The third kappa shape index (κ3) is 3.30. The maximum absolute atomic E-state index is 4.70. The van der Waals surface area contributed by atoms with Gasteiger partial charge in [0, 0.05) is 29.0 Å². The third-order valence-corrected chi connectivity index (χ3v) is 5.26. The van der Waals surface area contributed by atoms with Gasteiger partial charge in [-0.05, 0) is 37.5 Å². The molecule has 0 amide bonds. The Balaban J connectivity index is 1.48. The molecule has 1 aliphatic carbocycles. The van der Waals surface area contributed by atoms with E-state index >= 15 is 0 Å². The van der Waals surface area contributed by atoms with Crippen molar-refractivity contribution in [1.29, 1.82) is 0 Å². The standard InChI is InChI=1S/C16H23N3S/c1-2-15-7-8-16(20-15)12-17-11-13-9-10-19(18-13)14-5-3-4-6-14/h7-10,14,17H,2-6,11-12H2,1H3. The molecule has 3 rings (SSSR count). The second kappa shape index (κ2) is 6.55. The number of rotatable bonds is 6. The lowest BCUT2D eigenvalue weighted by Gasteiger charge is -2.08. The molecule has 1 saturated carbocycles. The van der Waals surface area contributed by atoms with E-state index in [9.17, 15) is 0 Å². The Morgan fingerprint density at radius 2 is 2.00 bits per heavy atom. The topological polar surface area (TPSA) is 29.9 Å². The minimum absolute atomic E-state index is 0.646. The number of nitrogens with zero attached hydrogens (tertiary/aromatic N) is 2. The number of nitrogens with one attached hydrogen (secondary N) is 1. The van der Waals surface area contributed by atoms with Crippen LogP contribution in [0.15, 0.2) is 24.4 Å². The van der Waals surface area contributed by atoms with Gasteiger partial charge < -0.3 is 5.32 Å². The molecule has 4 heteroatoms. The minimum atomic E-state index is 0.646. The summed E-state index contributed by atoms with van der Waals surface area (Å²) >= 11 is 1.91. The highest BCUT2D eigenvalue weighted by Crippen LogP contribution is 2.28. The Kier molecular flexibility index (Phi) is 4.53. The number of thiophene rings is 1. The van der Waals surface area contributed by atoms with Gasteiger partial charge in [-0.1, -0.05) is 19.8 Å². The highest BCUT2D eigenvalue weighted by Gasteiger charge is 2.17. The first-order valence-corrected chi connectivity index (χ1v) is 8.49. The Hall–Kier alpha value is -1.13. The number of hydrogen-bond acceptors (Lipinski definition) is 3. The van der Waals surface area contributed by atoms with E-state index in [1.165, 1.54) is 35.4 Å². The predicted octanol–water partition coefficient (Wildman–Crippen LogP) is 3.91. The average Bonchev–Trinajstić information content (AvgIpc) is 3.20. The van der Waals surface area contributed by atoms with Gasteiger partial charge in [0.2, 0.25) is 0 Å². The summed E-state index contributed by atoms with van der Waals surface area (Å²) in [4.78, 5) is 2.88. The van der Waals surface area contributed by atoms with Gasteiger partial charge in [0.25, 0.3) is 0 Å². The first kappa shape index (κ1) is 13.8. The molecule has 108 valence electrons. The third-order valence-electron chi connectivity index (χ3n) is 4.03. The normalized spacial score (nSPS) is 16.1. The van der Waals surface area contributed by atoms with Crippen LogP contribution in [0.1, 0.15) is 54.1 Å². The second-order valence-electron chi connectivity index (χ2n) is 5.55. The molecule has 0 atom stereocenters. The minimum Gasteiger partial charge on any atom is -0.306 e. The SMILES string of the molecule is CCc1ccc(CNCc2ccn(C3CCCC3)n2)s1. The molecule has 0 bridgehead atoms. The Morgan fingerprint density at radius 1 is 1.20 bits per heavy atom. The van der Waals surface area contributed by atoms with E-state index in [2.05, 4.69) is 41.3 Å². The molecule has 0 aromatic carbocycles. The molecule has 0 radical (unpaired) electrons. The van der Waals surface area contributed by atoms with Crippen LogP contribution in [0.2, 0.25) is 0 Å². The van der Waals surface area contributed by atoms with E-state index in [-0.39, 0.29) is 0 Å². The summed E-state index contributed by atoms with van der Waals surface area (Å²) in [6, 6.07) is 7.26. The summed E-state index contributed by atoms with van der Waals surface area (Å²) in [5, 5.41) is 8.20. The molecule has 0 aliphatic heterocycles. The monoisotopic (exact) mass is 289 g/mol. The fraction of sp³-hybridized carbons (Fsp3) is 0.562. The lowest BCUT2D eigenvalue weighted by Crippen LogP contribution is -2.13. The zero-order valence-corrected chi connectivity index (χ0v) is 13.0. The van der Waals surface area contributed by atoms with Crippen molar-refractivity contribution >= 4 is 11.3 Å².